The van der Waals surface area contributed by atoms with E-state index in [1.54, 1.807) is 0 Å². The number of para-hydroxylation sites is 1. The quantitative estimate of drug-likeness (QED) is 0.382. The monoisotopic (exact) mass is 488 g/mol. The lowest BCUT2D eigenvalue weighted by Crippen LogP contribution is -2.36. The van der Waals surface area contributed by atoms with E-state index in [1.807, 2.05) is 24.3 Å². The van der Waals surface area contributed by atoms with Gasteiger partial charge >= 0.3 is 6.61 Å². The molecule has 2 amide bonds. The van der Waals surface area contributed by atoms with Crippen LogP contribution in [0, 0.1) is 0 Å². The molecule has 3 aromatic rings. The van der Waals surface area contributed by atoms with Gasteiger partial charge in [-0.05, 0) is 30.3 Å². The fraction of sp³-hybridized carbons (Fsp3) is 0.304. The van der Waals surface area contributed by atoms with Gasteiger partial charge in [-0.2, -0.15) is 8.78 Å². The van der Waals surface area contributed by atoms with E-state index >= 15 is 0 Å². The first kappa shape index (κ1) is 24.0. The second kappa shape index (κ2) is 11.3. The largest absolute Gasteiger partial charge is 0.435 e. The van der Waals surface area contributed by atoms with Crippen LogP contribution < -0.4 is 10.1 Å². The van der Waals surface area contributed by atoms with Gasteiger partial charge in [-0.15, -0.1) is 0 Å². The smallest absolute Gasteiger partial charge is 0.387 e. The van der Waals surface area contributed by atoms with Gasteiger partial charge in [0.1, 0.15) is 16.6 Å². The van der Waals surface area contributed by atoms with Crippen LogP contribution in [0.25, 0.3) is 10.9 Å². The summed E-state index contributed by atoms with van der Waals surface area (Å²) in [5.41, 5.74) is 0.936. The Kier molecular flexibility index (Phi) is 7.99. The van der Waals surface area contributed by atoms with Crippen LogP contribution in [-0.2, 0) is 16.1 Å². The minimum absolute atomic E-state index is 0.0314. The third kappa shape index (κ3) is 6.46. The molecule has 0 unspecified atom stereocenters. The molecule has 1 aliphatic rings. The number of fused-ring (bicyclic) bond motifs is 1. The topological polar surface area (TPSA) is 93.7 Å². The molecule has 34 heavy (non-hydrogen) atoms. The fourth-order valence-corrected chi connectivity index (χ4v) is 4.23. The number of hydrogen-bond donors (Lipinski definition) is 1. The third-order valence-corrected chi connectivity index (χ3v) is 6.01. The number of ether oxygens (including phenoxy) is 2. The number of imide groups is 1. The number of thioether (sulfide) groups is 1. The van der Waals surface area contributed by atoms with E-state index in [2.05, 4.69) is 24.9 Å². The molecule has 0 radical (unpaired) electrons. The number of morpholine rings is 1. The first-order chi connectivity index (χ1) is 16.5. The van der Waals surface area contributed by atoms with Gasteiger partial charge in [-0.3, -0.25) is 19.8 Å². The minimum atomic E-state index is -2.95. The molecule has 0 saturated carbocycles. The molecule has 178 valence electrons. The van der Waals surface area contributed by atoms with Gasteiger partial charge in [0.25, 0.3) is 5.91 Å². The summed E-state index contributed by atoms with van der Waals surface area (Å²) in [6.45, 7) is 0.580. The third-order valence-electron chi connectivity index (χ3n) is 5.02. The number of carbonyl (C=O) groups is 2. The van der Waals surface area contributed by atoms with Crippen molar-refractivity contribution in [2.45, 2.75) is 18.2 Å². The second-order valence-electron chi connectivity index (χ2n) is 7.42. The molecular weight excluding hydrogens is 466 g/mol. The molecule has 0 atom stereocenters. The maximum Gasteiger partial charge on any atom is 0.387 e. The van der Waals surface area contributed by atoms with Gasteiger partial charge < -0.3 is 9.47 Å². The van der Waals surface area contributed by atoms with Crippen LogP contribution >= 0.6 is 11.8 Å². The fourth-order valence-electron chi connectivity index (χ4n) is 3.39. The number of nitrogens with zero attached hydrogens (tertiary/aromatic N) is 3. The summed E-state index contributed by atoms with van der Waals surface area (Å²) < 4.78 is 34.1. The number of halogens is 2. The molecule has 1 fully saturated rings. The molecular formula is C23H22F2N4O4S. The first-order valence-electron chi connectivity index (χ1n) is 10.6. The van der Waals surface area contributed by atoms with Crippen molar-refractivity contribution in [3.8, 4) is 5.75 Å². The maximum absolute atomic E-state index is 12.4. The van der Waals surface area contributed by atoms with Gasteiger partial charge in [0.05, 0.1) is 31.0 Å². The number of amides is 2. The Bertz CT molecular complexity index is 1160. The van der Waals surface area contributed by atoms with E-state index in [1.165, 1.54) is 36.0 Å². The average Bonchev–Trinajstić information content (AvgIpc) is 2.83. The predicted octanol–water partition coefficient (Wildman–Crippen LogP) is 3.11. The molecule has 1 saturated heterocycles. The Morgan fingerprint density at radius 3 is 2.56 bits per heavy atom. The normalized spacial score (nSPS) is 14.3. The Hall–Kier alpha value is -3.15. The van der Waals surface area contributed by atoms with E-state index in [0.29, 0.717) is 30.6 Å². The summed E-state index contributed by atoms with van der Waals surface area (Å²) in [5, 5.41) is 3.79. The zero-order valence-electron chi connectivity index (χ0n) is 18.1. The number of carbonyl (C=O) groups excluding carboxylic acids is 2. The van der Waals surface area contributed by atoms with Crippen molar-refractivity contribution in [1.82, 2.24) is 20.2 Å². The van der Waals surface area contributed by atoms with Crippen LogP contribution in [0.1, 0.15) is 16.2 Å². The van der Waals surface area contributed by atoms with Gasteiger partial charge in [0, 0.05) is 24.0 Å². The lowest BCUT2D eigenvalue weighted by molar-refractivity contribution is -0.117. The van der Waals surface area contributed by atoms with Crippen molar-refractivity contribution in [2.24, 2.45) is 0 Å². The molecule has 4 rings (SSSR count). The van der Waals surface area contributed by atoms with Crippen molar-refractivity contribution in [3.63, 3.8) is 0 Å². The average molecular weight is 489 g/mol. The Labute approximate surface area is 198 Å². The van der Waals surface area contributed by atoms with Crippen LogP contribution in [0.4, 0.5) is 8.78 Å². The summed E-state index contributed by atoms with van der Waals surface area (Å²) in [5.74, 6) is -0.575. The molecule has 1 N–H and O–H groups in total. The zero-order valence-corrected chi connectivity index (χ0v) is 18.9. The van der Waals surface area contributed by atoms with E-state index in [-0.39, 0.29) is 17.1 Å². The number of rotatable bonds is 8. The summed E-state index contributed by atoms with van der Waals surface area (Å²) >= 11 is 1.22. The van der Waals surface area contributed by atoms with E-state index in [9.17, 15) is 18.4 Å². The highest BCUT2D eigenvalue weighted by Gasteiger charge is 2.16. The number of aromatic nitrogens is 2. The zero-order chi connectivity index (χ0) is 23.9. The molecule has 1 aliphatic heterocycles. The summed E-state index contributed by atoms with van der Waals surface area (Å²) in [6, 6.07) is 12.7. The van der Waals surface area contributed by atoms with Gasteiger partial charge in [-0.1, -0.05) is 30.0 Å². The van der Waals surface area contributed by atoms with Gasteiger partial charge in [-0.25, -0.2) is 9.97 Å². The van der Waals surface area contributed by atoms with Gasteiger partial charge in [0.15, 0.2) is 0 Å². The van der Waals surface area contributed by atoms with Crippen molar-refractivity contribution in [2.75, 3.05) is 32.1 Å². The molecule has 0 spiro atoms. The highest BCUT2D eigenvalue weighted by molar-refractivity contribution is 8.00. The number of nitrogens with one attached hydrogen (secondary N) is 1. The van der Waals surface area contributed by atoms with Crippen molar-refractivity contribution in [3.05, 3.63) is 59.9 Å². The predicted molar refractivity (Wildman–Crippen MR) is 122 cm³/mol. The molecule has 2 heterocycles. The molecule has 0 bridgehead atoms. The highest BCUT2D eigenvalue weighted by atomic mass is 32.2. The molecule has 8 nitrogen and oxygen atoms in total. The van der Waals surface area contributed by atoms with Crippen molar-refractivity contribution < 1.29 is 27.8 Å². The number of hydrogen-bond acceptors (Lipinski definition) is 8. The lowest BCUT2D eigenvalue weighted by Gasteiger charge is -2.25. The lowest BCUT2D eigenvalue weighted by atomic mass is 10.2. The first-order valence-corrected chi connectivity index (χ1v) is 11.5. The summed E-state index contributed by atoms with van der Waals surface area (Å²) in [6.07, 6.45) is 0. The van der Waals surface area contributed by atoms with E-state index in [4.69, 9.17) is 4.74 Å². The Morgan fingerprint density at radius 1 is 1.09 bits per heavy atom. The molecule has 11 heteroatoms. The van der Waals surface area contributed by atoms with Crippen molar-refractivity contribution in [1.29, 1.82) is 0 Å². The maximum atomic E-state index is 12.4. The van der Waals surface area contributed by atoms with Crippen LogP contribution in [0.5, 0.6) is 5.75 Å². The standard InChI is InChI=1S/C23H22F2N4O4S/c24-23(25)33-16-7-5-15(6-8-16)21(31)28-20(30)14-34-22-17-3-1-2-4-18(17)26-19(27-22)13-29-9-11-32-12-10-29/h1-8,23H,9-14H2,(H,28,30,31). The Morgan fingerprint density at radius 2 is 1.82 bits per heavy atom. The number of alkyl halides is 2. The Balaban J connectivity index is 1.39. The van der Waals surface area contributed by atoms with E-state index < -0.39 is 18.4 Å². The van der Waals surface area contributed by atoms with Crippen LogP contribution in [0.2, 0.25) is 0 Å². The molecule has 1 aromatic heterocycles. The van der Waals surface area contributed by atoms with Crippen LogP contribution in [-0.4, -0.2) is 65.3 Å². The minimum Gasteiger partial charge on any atom is -0.435 e. The van der Waals surface area contributed by atoms with Crippen molar-refractivity contribution >= 4 is 34.5 Å². The molecule has 2 aromatic carbocycles. The van der Waals surface area contributed by atoms with E-state index in [0.717, 1.165) is 24.0 Å². The summed E-state index contributed by atoms with van der Waals surface area (Å²) in [7, 11) is 0. The van der Waals surface area contributed by atoms with Crippen LogP contribution in [0.3, 0.4) is 0 Å². The number of benzene rings is 2. The highest BCUT2D eigenvalue weighted by Crippen LogP contribution is 2.25. The second-order valence-corrected chi connectivity index (χ2v) is 8.38. The van der Waals surface area contributed by atoms with Gasteiger partial charge in [0.2, 0.25) is 5.91 Å². The summed E-state index contributed by atoms with van der Waals surface area (Å²) in [4.78, 5) is 36.3. The SMILES string of the molecule is O=C(CSc1nc(CN2CCOCC2)nc2ccccc12)NC(=O)c1ccc(OC(F)F)cc1. The molecule has 0 aliphatic carbocycles. The van der Waals surface area contributed by atoms with Crippen LogP contribution in [0.15, 0.2) is 53.6 Å².